The van der Waals surface area contributed by atoms with Crippen LogP contribution in [-0.4, -0.2) is 46.8 Å². The van der Waals surface area contributed by atoms with Crippen LogP contribution in [-0.2, 0) is 20.8 Å². The van der Waals surface area contributed by atoms with Gasteiger partial charge in [0.25, 0.3) is 0 Å². The zero-order chi connectivity index (χ0) is 23.0. The van der Waals surface area contributed by atoms with Crippen molar-refractivity contribution in [3.8, 4) is 11.1 Å². The van der Waals surface area contributed by atoms with Crippen LogP contribution in [0.25, 0.3) is 11.1 Å². The molecule has 4 N–H and O–H groups in total. The Hall–Kier alpha value is -3.39. The highest BCUT2D eigenvalue weighted by Gasteiger charge is 2.26. The number of aliphatic hydroxyl groups is 1. The van der Waals surface area contributed by atoms with Crippen molar-refractivity contribution < 1.29 is 24.3 Å². The average Bonchev–Trinajstić information content (AvgIpc) is 2.73. The highest BCUT2D eigenvalue weighted by Crippen LogP contribution is 2.19. The molecule has 0 aromatic heterocycles. The Balaban J connectivity index is 2.09. The predicted octanol–water partition coefficient (Wildman–Crippen LogP) is 2.26. The molecule has 2 atom stereocenters. The first-order valence-electron chi connectivity index (χ1n) is 10.1. The number of amides is 3. The van der Waals surface area contributed by atoms with E-state index in [0.717, 1.165) is 21.8 Å². The van der Waals surface area contributed by atoms with Crippen LogP contribution in [0.5, 0.6) is 0 Å². The molecular formula is C23H29N3O5. The summed E-state index contributed by atoms with van der Waals surface area (Å²) in [5, 5.41) is 12.7. The van der Waals surface area contributed by atoms with Crippen molar-refractivity contribution in [2.24, 2.45) is 11.7 Å². The summed E-state index contributed by atoms with van der Waals surface area (Å²) >= 11 is 0. The molecule has 0 bridgehead atoms. The number of hydrogen-bond donors (Lipinski definition) is 3. The minimum absolute atomic E-state index is 0.0230. The van der Waals surface area contributed by atoms with Crippen molar-refractivity contribution in [2.75, 3.05) is 6.54 Å². The van der Waals surface area contributed by atoms with Gasteiger partial charge in [0.1, 0.15) is 6.04 Å². The molecule has 8 heteroatoms. The summed E-state index contributed by atoms with van der Waals surface area (Å²) in [6.45, 7) is 4.98. The summed E-state index contributed by atoms with van der Waals surface area (Å²) in [5.41, 5.74) is 8.38. The lowest BCUT2D eigenvalue weighted by atomic mass is 10.0. The van der Waals surface area contributed by atoms with Gasteiger partial charge in [-0.2, -0.15) is 5.06 Å². The van der Waals surface area contributed by atoms with E-state index in [2.05, 4.69) is 5.32 Å². The monoisotopic (exact) mass is 427 g/mol. The Bertz CT molecular complexity index is 882. The number of carbonyl (C=O) groups is 3. The van der Waals surface area contributed by atoms with Crippen molar-refractivity contribution in [3.05, 3.63) is 60.2 Å². The van der Waals surface area contributed by atoms with Gasteiger partial charge in [0.2, 0.25) is 5.91 Å². The Kier molecular flexibility index (Phi) is 8.57. The number of nitrogens with two attached hydrogens (primary N) is 1. The molecule has 0 aliphatic heterocycles. The van der Waals surface area contributed by atoms with Crippen LogP contribution in [0.2, 0.25) is 0 Å². The average molecular weight is 428 g/mol. The molecule has 2 aromatic rings. The third kappa shape index (κ3) is 7.42. The number of primary amides is 1. The molecule has 2 aromatic carbocycles. The Morgan fingerprint density at radius 1 is 1.00 bits per heavy atom. The van der Waals surface area contributed by atoms with Crippen LogP contribution in [0, 0.1) is 5.92 Å². The zero-order valence-corrected chi connectivity index (χ0v) is 17.9. The quantitative estimate of drug-likeness (QED) is 0.558. The van der Waals surface area contributed by atoms with Crippen molar-refractivity contribution >= 4 is 17.9 Å². The standard InChI is InChI=1S/C23H29N3O5/c1-15(2)14-26(31-22(29)16(3)27)23(30)25-20(21(24)28)13-17-9-11-19(12-10-17)18-7-5-4-6-8-18/h4-12,15-16,20,27H,13-14H2,1-3H3,(H2,24,28)(H,25,30)/t16?,20-/m0/s1. The molecule has 166 valence electrons. The zero-order valence-electron chi connectivity index (χ0n) is 17.9. The molecule has 3 amide bonds. The van der Waals surface area contributed by atoms with Gasteiger partial charge in [-0.15, -0.1) is 0 Å². The van der Waals surface area contributed by atoms with Gasteiger partial charge in [0, 0.05) is 6.42 Å². The van der Waals surface area contributed by atoms with E-state index in [4.69, 9.17) is 10.6 Å². The number of hydrogen-bond acceptors (Lipinski definition) is 5. The lowest BCUT2D eigenvalue weighted by molar-refractivity contribution is -0.187. The largest absolute Gasteiger partial charge is 0.382 e. The molecule has 2 rings (SSSR count). The van der Waals surface area contributed by atoms with Gasteiger partial charge in [-0.25, -0.2) is 9.59 Å². The van der Waals surface area contributed by atoms with Gasteiger partial charge >= 0.3 is 12.0 Å². The van der Waals surface area contributed by atoms with Crippen molar-refractivity contribution in [3.63, 3.8) is 0 Å². The highest BCUT2D eigenvalue weighted by molar-refractivity contribution is 5.86. The maximum absolute atomic E-state index is 12.6. The van der Waals surface area contributed by atoms with Gasteiger partial charge in [0.05, 0.1) is 6.54 Å². The third-order valence-corrected chi connectivity index (χ3v) is 4.44. The fourth-order valence-corrected chi connectivity index (χ4v) is 2.82. The van der Waals surface area contributed by atoms with Crippen LogP contribution in [0.15, 0.2) is 54.6 Å². The highest BCUT2D eigenvalue weighted by atomic mass is 16.7. The molecular weight excluding hydrogens is 398 g/mol. The van der Waals surface area contributed by atoms with Crippen molar-refractivity contribution in [1.82, 2.24) is 10.4 Å². The topological polar surface area (TPSA) is 122 Å². The van der Waals surface area contributed by atoms with E-state index in [1.54, 1.807) is 0 Å². The SMILES string of the molecule is CC(C)CN(OC(=O)C(C)O)C(=O)N[C@@H](Cc1ccc(-c2ccccc2)cc1)C(N)=O. The molecule has 0 aliphatic carbocycles. The summed E-state index contributed by atoms with van der Waals surface area (Å²) in [6, 6.07) is 15.7. The normalized spacial score (nSPS) is 12.7. The molecule has 0 spiro atoms. The molecule has 8 nitrogen and oxygen atoms in total. The van der Waals surface area contributed by atoms with Crippen LogP contribution >= 0.6 is 0 Å². The fourth-order valence-electron chi connectivity index (χ4n) is 2.82. The van der Waals surface area contributed by atoms with E-state index in [0.29, 0.717) is 0 Å². The summed E-state index contributed by atoms with van der Waals surface area (Å²) in [6.07, 6.45) is -1.21. The van der Waals surface area contributed by atoms with E-state index >= 15 is 0 Å². The molecule has 0 fully saturated rings. The molecule has 0 heterocycles. The van der Waals surface area contributed by atoms with E-state index in [1.165, 1.54) is 6.92 Å². The van der Waals surface area contributed by atoms with Gasteiger partial charge in [-0.3, -0.25) is 4.79 Å². The number of urea groups is 1. The Labute approximate surface area is 181 Å². The Morgan fingerprint density at radius 3 is 2.10 bits per heavy atom. The molecule has 0 radical (unpaired) electrons. The number of nitrogens with one attached hydrogen (secondary N) is 1. The lowest BCUT2D eigenvalue weighted by Crippen LogP contribution is -2.52. The minimum Gasteiger partial charge on any atom is -0.382 e. The minimum atomic E-state index is -1.39. The number of nitrogens with zero attached hydrogens (tertiary/aromatic N) is 1. The molecule has 0 aliphatic rings. The lowest BCUT2D eigenvalue weighted by Gasteiger charge is -2.26. The van der Waals surface area contributed by atoms with Gasteiger partial charge in [-0.1, -0.05) is 68.4 Å². The van der Waals surface area contributed by atoms with Crippen LogP contribution in [0.3, 0.4) is 0 Å². The second kappa shape index (κ2) is 11.1. The summed E-state index contributed by atoms with van der Waals surface area (Å²) in [7, 11) is 0. The summed E-state index contributed by atoms with van der Waals surface area (Å²) in [5.74, 6) is -1.71. The smallest absolute Gasteiger partial charge is 0.360 e. The van der Waals surface area contributed by atoms with Gasteiger partial charge in [-0.05, 0) is 29.5 Å². The van der Waals surface area contributed by atoms with Gasteiger partial charge < -0.3 is 21.0 Å². The van der Waals surface area contributed by atoms with Crippen LogP contribution < -0.4 is 11.1 Å². The second-order valence-corrected chi connectivity index (χ2v) is 7.71. The molecule has 0 saturated heterocycles. The van der Waals surface area contributed by atoms with E-state index < -0.39 is 30.1 Å². The number of carbonyl (C=O) groups excluding carboxylic acids is 3. The van der Waals surface area contributed by atoms with Crippen molar-refractivity contribution in [2.45, 2.75) is 39.3 Å². The molecule has 1 unspecified atom stereocenters. The third-order valence-electron chi connectivity index (χ3n) is 4.44. The predicted molar refractivity (Wildman–Crippen MR) is 116 cm³/mol. The van der Waals surface area contributed by atoms with E-state index in [-0.39, 0.29) is 18.9 Å². The molecule has 0 saturated carbocycles. The second-order valence-electron chi connectivity index (χ2n) is 7.71. The van der Waals surface area contributed by atoms with E-state index in [9.17, 15) is 19.5 Å². The van der Waals surface area contributed by atoms with E-state index in [1.807, 2.05) is 68.4 Å². The molecule has 31 heavy (non-hydrogen) atoms. The summed E-state index contributed by atoms with van der Waals surface area (Å²) < 4.78 is 0. The first kappa shape index (κ1) is 23.9. The first-order valence-corrected chi connectivity index (χ1v) is 10.1. The number of hydroxylamine groups is 2. The number of aliphatic hydroxyl groups excluding tert-OH is 1. The van der Waals surface area contributed by atoms with Gasteiger partial charge in [0.15, 0.2) is 6.10 Å². The first-order chi connectivity index (χ1) is 14.7. The van der Waals surface area contributed by atoms with Crippen LogP contribution in [0.4, 0.5) is 4.79 Å². The Morgan fingerprint density at radius 2 is 1.58 bits per heavy atom. The number of benzene rings is 2. The van der Waals surface area contributed by atoms with Crippen LogP contribution in [0.1, 0.15) is 26.3 Å². The fraction of sp³-hybridized carbons (Fsp3) is 0.348. The van der Waals surface area contributed by atoms with Crippen molar-refractivity contribution in [1.29, 1.82) is 0 Å². The maximum Gasteiger partial charge on any atom is 0.360 e. The maximum atomic E-state index is 12.6. The summed E-state index contributed by atoms with van der Waals surface area (Å²) in [4.78, 5) is 41.2. The number of rotatable bonds is 8.